The third kappa shape index (κ3) is 5.42. The second-order valence-electron chi connectivity index (χ2n) is 9.43. The molecule has 0 saturated carbocycles. The standard InChI is InChI=1S/C23H32BrN3O3/c1-14(2)10-26-13-17(8-21(26)28)22(29)25-20-6-5-18(24)9-19(20)23(30)27-11-15(3)7-16(4)12-27/h5-6,9,14-17H,7-8,10-13H2,1-4H3,(H,25,29)/t15-,16+,17?. The number of amides is 3. The van der Waals surface area contributed by atoms with Crippen LogP contribution in [0.1, 0.15) is 50.9 Å². The number of rotatable bonds is 5. The maximum atomic E-state index is 13.3. The largest absolute Gasteiger partial charge is 0.342 e. The third-order valence-corrected chi connectivity index (χ3v) is 6.29. The molecule has 1 aromatic rings. The van der Waals surface area contributed by atoms with Gasteiger partial charge in [0, 0.05) is 37.1 Å². The Balaban J connectivity index is 1.75. The van der Waals surface area contributed by atoms with Gasteiger partial charge in [-0.25, -0.2) is 0 Å². The Morgan fingerprint density at radius 1 is 1.17 bits per heavy atom. The first kappa shape index (κ1) is 22.8. The van der Waals surface area contributed by atoms with Crippen molar-refractivity contribution in [1.82, 2.24) is 9.80 Å². The van der Waals surface area contributed by atoms with Crippen molar-refractivity contribution in [3.05, 3.63) is 28.2 Å². The van der Waals surface area contributed by atoms with E-state index in [1.54, 1.807) is 17.0 Å². The number of anilines is 1. The van der Waals surface area contributed by atoms with Gasteiger partial charge in [-0.05, 0) is 42.4 Å². The van der Waals surface area contributed by atoms with Crippen LogP contribution in [-0.2, 0) is 9.59 Å². The SMILES string of the molecule is CC(C)CN1CC(C(=O)Nc2ccc(Br)cc2C(=O)N2C[C@H](C)C[C@H](C)C2)CC1=O. The Bertz CT molecular complexity index is 816. The fourth-order valence-corrected chi connectivity index (χ4v) is 4.96. The minimum absolute atomic E-state index is 0.0206. The molecule has 2 aliphatic heterocycles. The van der Waals surface area contributed by atoms with Gasteiger partial charge in [-0.3, -0.25) is 14.4 Å². The summed E-state index contributed by atoms with van der Waals surface area (Å²) in [6.07, 6.45) is 1.34. The Kier molecular flexibility index (Phi) is 7.22. The molecular weight excluding hydrogens is 446 g/mol. The van der Waals surface area contributed by atoms with Gasteiger partial charge >= 0.3 is 0 Å². The third-order valence-electron chi connectivity index (χ3n) is 5.80. The van der Waals surface area contributed by atoms with Crippen molar-refractivity contribution in [3.63, 3.8) is 0 Å². The van der Waals surface area contributed by atoms with Crippen molar-refractivity contribution in [1.29, 1.82) is 0 Å². The van der Waals surface area contributed by atoms with Crippen molar-refractivity contribution < 1.29 is 14.4 Å². The van der Waals surface area contributed by atoms with E-state index < -0.39 is 5.92 Å². The van der Waals surface area contributed by atoms with Crippen LogP contribution in [0.15, 0.2) is 22.7 Å². The van der Waals surface area contributed by atoms with Crippen LogP contribution in [0.4, 0.5) is 5.69 Å². The average Bonchev–Trinajstić information content (AvgIpc) is 3.01. The van der Waals surface area contributed by atoms with Gasteiger partial charge in [0.25, 0.3) is 5.91 Å². The average molecular weight is 478 g/mol. The lowest BCUT2D eigenvalue weighted by Crippen LogP contribution is -2.43. The van der Waals surface area contributed by atoms with Crippen molar-refractivity contribution in [3.8, 4) is 0 Å². The topological polar surface area (TPSA) is 69.7 Å². The molecule has 1 N–H and O–H groups in total. The fraction of sp³-hybridized carbons (Fsp3) is 0.609. The maximum absolute atomic E-state index is 13.3. The molecule has 2 fully saturated rings. The molecule has 0 radical (unpaired) electrons. The second-order valence-corrected chi connectivity index (χ2v) is 10.3. The fourth-order valence-electron chi connectivity index (χ4n) is 4.60. The predicted octanol–water partition coefficient (Wildman–Crippen LogP) is 4.01. The summed E-state index contributed by atoms with van der Waals surface area (Å²) in [5.74, 6) is 0.643. The van der Waals surface area contributed by atoms with Crippen LogP contribution < -0.4 is 5.32 Å². The summed E-state index contributed by atoms with van der Waals surface area (Å²) < 4.78 is 0.793. The molecule has 164 valence electrons. The summed E-state index contributed by atoms with van der Waals surface area (Å²) in [6.45, 7) is 11.0. The summed E-state index contributed by atoms with van der Waals surface area (Å²) in [6, 6.07) is 5.35. The Morgan fingerprint density at radius 3 is 2.47 bits per heavy atom. The van der Waals surface area contributed by atoms with Crippen LogP contribution >= 0.6 is 15.9 Å². The molecule has 3 amide bonds. The predicted molar refractivity (Wildman–Crippen MR) is 121 cm³/mol. The highest BCUT2D eigenvalue weighted by atomic mass is 79.9. The molecule has 1 aromatic carbocycles. The van der Waals surface area contributed by atoms with E-state index in [0.29, 0.717) is 42.1 Å². The molecule has 0 aromatic heterocycles. The minimum Gasteiger partial charge on any atom is -0.342 e. The molecule has 0 spiro atoms. The van der Waals surface area contributed by atoms with Gasteiger partial charge in [-0.2, -0.15) is 0 Å². The number of benzene rings is 1. The Labute approximate surface area is 187 Å². The van der Waals surface area contributed by atoms with Crippen LogP contribution in [0.3, 0.4) is 0 Å². The molecule has 2 saturated heterocycles. The van der Waals surface area contributed by atoms with Gasteiger partial charge < -0.3 is 15.1 Å². The molecule has 2 heterocycles. The van der Waals surface area contributed by atoms with Crippen LogP contribution in [-0.4, -0.2) is 53.7 Å². The monoisotopic (exact) mass is 477 g/mol. The zero-order valence-electron chi connectivity index (χ0n) is 18.3. The number of likely N-dealkylation sites (tertiary alicyclic amines) is 2. The lowest BCUT2D eigenvalue weighted by atomic mass is 9.91. The van der Waals surface area contributed by atoms with E-state index in [1.807, 2.05) is 11.0 Å². The molecular formula is C23H32BrN3O3. The van der Waals surface area contributed by atoms with E-state index in [-0.39, 0.29) is 24.1 Å². The van der Waals surface area contributed by atoms with E-state index in [2.05, 4.69) is 48.9 Å². The Hall–Kier alpha value is -1.89. The van der Waals surface area contributed by atoms with Crippen LogP contribution in [0.5, 0.6) is 0 Å². The van der Waals surface area contributed by atoms with Gasteiger partial charge in [-0.15, -0.1) is 0 Å². The number of carbonyl (C=O) groups is 3. The molecule has 30 heavy (non-hydrogen) atoms. The van der Waals surface area contributed by atoms with Gasteiger partial charge in [0.1, 0.15) is 0 Å². The second kappa shape index (κ2) is 9.50. The van der Waals surface area contributed by atoms with Crippen molar-refractivity contribution in [2.45, 2.75) is 40.5 Å². The van der Waals surface area contributed by atoms with Crippen molar-refractivity contribution >= 4 is 39.3 Å². The van der Waals surface area contributed by atoms with E-state index in [1.165, 1.54) is 0 Å². The molecule has 0 aliphatic carbocycles. The first-order chi connectivity index (χ1) is 14.1. The Morgan fingerprint density at radius 2 is 1.83 bits per heavy atom. The van der Waals surface area contributed by atoms with Gasteiger partial charge in [-0.1, -0.05) is 43.6 Å². The van der Waals surface area contributed by atoms with E-state index in [0.717, 1.165) is 24.0 Å². The zero-order chi connectivity index (χ0) is 22.0. The molecule has 6 nitrogen and oxygen atoms in total. The van der Waals surface area contributed by atoms with Gasteiger partial charge in [0.2, 0.25) is 11.8 Å². The maximum Gasteiger partial charge on any atom is 0.256 e. The number of carbonyl (C=O) groups excluding carboxylic acids is 3. The molecule has 7 heteroatoms. The van der Waals surface area contributed by atoms with Gasteiger partial charge in [0.15, 0.2) is 0 Å². The van der Waals surface area contributed by atoms with E-state index in [9.17, 15) is 14.4 Å². The molecule has 0 bridgehead atoms. The van der Waals surface area contributed by atoms with Crippen molar-refractivity contribution in [2.75, 3.05) is 31.5 Å². The molecule has 3 atom stereocenters. The summed E-state index contributed by atoms with van der Waals surface area (Å²) in [7, 11) is 0. The summed E-state index contributed by atoms with van der Waals surface area (Å²) in [4.78, 5) is 42.1. The highest BCUT2D eigenvalue weighted by molar-refractivity contribution is 9.10. The van der Waals surface area contributed by atoms with E-state index in [4.69, 9.17) is 0 Å². The number of nitrogens with one attached hydrogen (secondary N) is 1. The molecule has 1 unspecified atom stereocenters. The molecule has 2 aliphatic rings. The number of nitrogens with zero attached hydrogens (tertiary/aromatic N) is 2. The van der Waals surface area contributed by atoms with Crippen LogP contribution in [0.25, 0.3) is 0 Å². The van der Waals surface area contributed by atoms with E-state index >= 15 is 0 Å². The first-order valence-electron chi connectivity index (χ1n) is 10.8. The molecule has 3 rings (SSSR count). The summed E-state index contributed by atoms with van der Waals surface area (Å²) >= 11 is 3.45. The minimum atomic E-state index is -0.391. The lowest BCUT2D eigenvalue weighted by Gasteiger charge is -2.35. The van der Waals surface area contributed by atoms with Crippen molar-refractivity contribution in [2.24, 2.45) is 23.7 Å². The first-order valence-corrected chi connectivity index (χ1v) is 11.6. The normalized spacial score (nSPS) is 24.5. The van der Waals surface area contributed by atoms with Gasteiger partial charge in [0.05, 0.1) is 17.2 Å². The smallest absolute Gasteiger partial charge is 0.256 e. The quantitative estimate of drug-likeness (QED) is 0.696. The zero-order valence-corrected chi connectivity index (χ0v) is 19.9. The van der Waals surface area contributed by atoms with Crippen LogP contribution in [0, 0.1) is 23.7 Å². The summed E-state index contributed by atoms with van der Waals surface area (Å²) in [5, 5.41) is 2.93. The number of halogens is 1. The highest BCUT2D eigenvalue weighted by Crippen LogP contribution is 2.28. The van der Waals surface area contributed by atoms with Crippen LogP contribution in [0.2, 0.25) is 0 Å². The number of hydrogen-bond donors (Lipinski definition) is 1. The number of hydrogen-bond acceptors (Lipinski definition) is 3. The highest BCUT2D eigenvalue weighted by Gasteiger charge is 2.35. The summed E-state index contributed by atoms with van der Waals surface area (Å²) in [5.41, 5.74) is 0.997. The number of piperidine rings is 1. The lowest BCUT2D eigenvalue weighted by molar-refractivity contribution is -0.128.